The number of hydrogen-bond acceptors (Lipinski definition) is 4. The number of nitrogens with zero attached hydrogens (tertiary/aromatic N) is 3. The zero-order chi connectivity index (χ0) is 19.5. The fourth-order valence-electron chi connectivity index (χ4n) is 4.00. The van der Waals surface area contributed by atoms with Crippen molar-refractivity contribution in [1.29, 1.82) is 0 Å². The summed E-state index contributed by atoms with van der Waals surface area (Å²) in [4.78, 5) is 30.0. The first-order chi connectivity index (χ1) is 13.6. The van der Waals surface area contributed by atoms with E-state index in [1.54, 1.807) is 4.90 Å². The first kappa shape index (κ1) is 18.5. The molecule has 0 unspecified atom stereocenters. The molecule has 2 aromatic carbocycles. The maximum atomic E-state index is 12.2. The van der Waals surface area contributed by atoms with Gasteiger partial charge in [-0.25, -0.2) is 0 Å². The van der Waals surface area contributed by atoms with Crippen LogP contribution in [0.1, 0.15) is 12.0 Å². The molecule has 2 N–H and O–H groups in total. The van der Waals surface area contributed by atoms with Gasteiger partial charge in [0, 0.05) is 57.1 Å². The molecule has 28 heavy (non-hydrogen) atoms. The Morgan fingerprint density at radius 1 is 0.929 bits per heavy atom. The SMILES string of the molecule is NC(=O)[C@H]1CC(=O)N(c2ccc(N3CCN(Cc4ccccc4)CC3)cc2)C1. The Kier molecular flexibility index (Phi) is 5.30. The van der Waals surface area contributed by atoms with Crippen LogP contribution in [0.2, 0.25) is 0 Å². The van der Waals surface area contributed by atoms with Crippen LogP contribution < -0.4 is 15.5 Å². The summed E-state index contributed by atoms with van der Waals surface area (Å²) in [6, 6.07) is 18.6. The van der Waals surface area contributed by atoms with E-state index in [1.165, 1.54) is 11.3 Å². The Labute approximate surface area is 165 Å². The molecule has 2 heterocycles. The molecule has 0 saturated carbocycles. The third kappa shape index (κ3) is 4.02. The molecule has 0 bridgehead atoms. The number of rotatable bonds is 5. The number of piperazine rings is 1. The van der Waals surface area contributed by atoms with Crippen LogP contribution in [0.15, 0.2) is 54.6 Å². The quantitative estimate of drug-likeness (QED) is 0.862. The van der Waals surface area contributed by atoms with E-state index in [4.69, 9.17) is 5.73 Å². The molecule has 0 aromatic heterocycles. The van der Waals surface area contributed by atoms with Crippen LogP contribution in [-0.4, -0.2) is 49.4 Å². The molecule has 0 radical (unpaired) electrons. The minimum atomic E-state index is -0.402. The normalized spacial score (nSPS) is 20.6. The van der Waals surface area contributed by atoms with E-state index in [2.05, 4.69) is 52.3 Å². The van der Waals surface area contributed by atoms with E-state index in [9.17, 15) is 9.59 Å². The average molecular weight is 378 g/mol. The molecule has 2 amide bonds. The van der Waals surface area contributed by atoms with Gasteiger partial charge in [-0.05, 0) is 29.8 Å². The molecule has 2 fully saturated rings. The Morgan fingerprint density at radius 2 is 1.57 bits per heavy atom. The van der Waals surface area contributed by atoms with Gasteiger partial charge in [0.05, 0.1) is 5.92 Å². The summed E-state index contributed by atoms with van der Waals surface area (Å²) in [7, 11) is 0. The summed E-state index contributed by atoms with van der Waals surface area (Å²) in [6.45, 7) is 5.40. The average Bonchev–Trinajstić information content (AvgIpc) is 3.12. The number of anilines is 2. The molecule has 0 spiro atoms. The predicted molar refractivity (Wildman–Crippen MR) is 110 cm³/mol. The molecule has 0 aliphatic carbocycles. The second-order valence-corrected chi connectivity index (χ2v) is 7.57. The number of amides is 2. The Morgan fingerprint density at radius 3 is 2.18 bits per heavy atom. The zero-order valence-electron chi connectivity index (χ0n) is 16.0. The molecular weight excluding hydrogens is 352 g/mol. The summed E-state index contributed by atoms with van der Waals surface area (Å²) >= 11 is 0. The molecule has 1 atom stereocenters. The number of hydrogen-bond donors (Lipinski definition) is 1. The van der Waals surface area contributed by atoms with Crippen molar-refractivity contribution >= 4 is 23.2 Å². The third-order valence-corrected chi connectivity index (χ3v) is 5.68. The van der Waals surface area contributed by atoms with Gasteiger partial charge < -0.3 is 15.5 Å². The van der Waals surface area contributed by atoms with Gasteiger partial charge in [-0.1, -0.05) is 30.3 Å². The standard InChI is InChI=1S/C22H26N4O2/c23-22(28)18-14-21(27)26(16-18)20-8-6-19(7-9-20)25-12-10-24(11-13-25)15-17-4-2-1-3-5-17/h1-9,18H,10-16H2,(H2,23,28)/t18-/m0/s1. The largest absolute Gasteiger partial charge is 0.369 e. The van der Waals surface area contributed by atoms with Crippen molar-refractivity contribution < 1.29 is 9.59 Å². The number of nitrogens with two attached hydrogens (primary N) is 1. The summed E-state index contributed by atoms with van der Waals surface area (Å²) in [5.41, 5.74) is 8.71. The first-order valence-corrected chi connectivity index (χ1v) is 9.81. The summed E-state index contributed by atoms with van der Waals surface area (Å²) < 4.78 is 0. The topological polar surface area (TPSA) is 69.9 Å². The van der Waals surface area contributed by atoms with E-state index < -0.39 is 5.91 Å². The van der Waals surface area contributed by atoms with Crippen LogP contribution in [0.25, 0.3) is 0 Å². The van der Waals surface area contributed by atoms with Crippen molar-refractivity contribution in [2.24, 2.45) is 11.7 Å². The number of benzene rings is 2. The van der Waals surface area contributed by atoms with Crippen LogP contribution in [0.5, 0.6) is 0 Å². The zero-order valence-corrected chi connectivity index (χ0v) is 16.0. The van der Waals surface area contributed by atoms with E-state index in [1.807, 2.05) is 12.1 Å². The minimum absolute atomic E-state index is 0.0360. The maximum absolute atomic E-state index is 12.2. The van der Waals surface area contributed by atoms with Crippen LogP contribution in [0.4, 0.5) is 11.4 Å². The summed E-state index contributed by atoms with van der Waals surface area (Å²) in [5, 5.41) is 0. The van der Waals surface area contributed by atoms with E-state index in [-0.39, 0.29) is 18.2 Å². The lowest BCUT2D eigenvalue weighted by Gasteiger charge is -2.36. The number of carbonyl (C=O) groups excluding carboxylic acids is 2. The van der Waals surface area contributed by atoms with Crippen molar-refractivity contribution in [3.63, 3.8) is 0 Å². The highest BCUT2D eigenvalue weighted by atomic mass is 16.2. The Balaban J connectivity index is 1.34. The second-order valence-electron chi connectivity index (χ2n) is 7.57. The molecular formula is C22H26N4O2. The molecule has 2 aliphatic heterocycles. The van der Waals surface area contributed by atoms with Gasteiger partial charge >= 0.3 is 0 Å². The molecule has 146 valence electrons. The van der Waals surface area contributed by atoms with Crippen molar-refractivity contribution in [2.75, 3.05) is 42.5 Å². The van der Waals surface area contributed by atoms with Crippen LogP contribution in [0, 0.1) is 5.92 Å². The highest BCUT2D eigenvalue weighted by Crippen LogP contribution is 2.27. The number of primary amides is 1. The predicted octanol–water partition coefficient (Wildman–Crippen LogP) is 1.85. The Hall–Kier alpha value is -2.86. The van der Waals surface area contributed by atoms with Gasteiger partial charge in [-0.15, -0.1) is 0 Å². The monoisotopic (exact) mass is 378 g/mol. The lowest BCUT2D eigenvalue weighted by atomic mass is 10.1. The van der Waals surface area contributed by atoms with Crippen LogP contribution in [-0.2, 0) is 16.1 Å². The summed E-state index contributed by atoms with van der Waals surface area (Å²) in [5.74, 6) is -0.822. The van der Waals surface area contributed by atoms with Gasteiger partial charge in [0.15, 0.2) is 0 Å². The molecule has 6 heteroatoms. The van der Waals surface area contributed by atoms with Crippen molar-refractivity contribution in [2.45, 2.75) is 13.0 Å². The van der Waals surface area contributed by atoms with Crippen LogP contribution in [0.3, 0.4) is 0 Å². The van der Waals surface area contributed by atoms with Crippen molar-refractivity contribution in [1.82, 2.24) is 4.90 Å². The van der Waals surface area contributed by atoms with Crippen molar-refractivity contribution in [3.05, 3.63) is 60.2 Å². The lowest BCUT2D eigenvalue weighted by molar-refractivity contribution is -0.123. The molecule has 4 rings (SSSR count). The molecule has 2 saturated heterocycles. The highest BCUT2D eigenvalue weighted by Gasteiger charge is 2.33. The fourth-order valence-corrected chi connectivity index (χ4v) is 4.00. The van der Waals surface area contributed by atoms with Gasteiger partial charge in [-0.2, -0.15) is 0 Å². The lowest BCUT2D eigenvalue weighted by Crippen LogP contribution is -2.45. The minimum Gasteiger partial charge on any atom is -0.369 e. The third-order valence-electron chi connectivity index (χ3n) is 5.68. The van der Waals surface area contributed by atoms with Gasteiger partial charge in [0.1, 0.15) is 0 Å². The molecule has 2 aromatic rings. The van der Waals surface area contributed by atoms with Gasteiger partial charge in [-0.3, -0.25) is 14.5 Å². The van der Waals surface area contributed by atoms with E-state index in [0.717, 1.165) is 38.4 Å². The second kappa shape index (κ2) is 8.02. The fraction of sp³-hybridized carbons (Fsp3) is 0.364. The smallest absolute Gasteiger partial charge is 0.227 e. The van der Waals surface area contributed by atoms with Crippen molar-refractivity contribution in [3.8, 4) is 0 Å². The van der Waals surface area contributed by atoms with E-state index in [0.29, 0.717) is 6.54 Å². The van der Waals surface area contributed by atoms with E-state index >= 15 is 0 Å². The molecule has 2 aliphatic rings. The molecule has 6 nitrogen and oxygen atoms in total. The maximum Gasteiger partial charge on any atom is 0.227 e. The first-order valence-electron chi connectivity index (χ1n) is 9.81. The van der Waals surface area contributed by atoms with Gasteiger partial charge in [0.2, 0.25) is 11.8 Å². The Bertz CT molecular complexity index is 829. The highest BCUT2D eigenvalue weighted by molar-refractivity contribution is 6.00. The van der Waals surface area contributed by atoms with Crippen LogP contribution >= 0.6 is 0 Å². The summed E-state index contributed by atoms with van der Waals surface area (Å²) in [6.07, 6.45) is 0.209. The van der Waals surface area contributed by atoms with Gasteiger partial charge in [0.25, 0.3) is 0 Å². The number of carbonyl (C=O) groups is 2.